The molecule has 2 rings (SSSR count). The van der Waals surface area contributed by atoms with Crippen LogP contribution in [0.5, 0.6) is 11.5 Å². The zero-order valence-electron chi connectivity index (χ0n) is 9.86. The minimum atomic E-state index is 0.496. The first-order valence-electron chi connectivity index (χ1n) is 5.37. The molecule has 5 nitrogen and oxygen atoms in total. The van der Waals surface area contributed by atoms with Gasteiger partial charge in [0.05, 0.1) is 31.0 Å². The summed E-state index contributed by atoms with van der Waals surface area (Å²) in [4.78, 5) is 0. The number of rotatable bonds is 4. The van der Waals surface area contributed by atoms with Crippen molar-refractivity contribution in [1.29, 1.82) is 0 Å². The van der Waals surface area contributed by atoms with Crippen molar-refractivity contribution in [3.05, 3.63) is 24.4 Å². The second-order valence-corrected chi connectivity index (χ2v) is 3.46. The van der Waals surface area contributed by atoms with E-state index in [1.165, 1.54) is 0 Å². The molecule has 0 aliphatic heterocycles. The first kappa shape index (κ1) is 11.3. The van der Waals surface area contributed by atoms with Crippen LogP contribution >= 0.6 is 0 Å². The number of hydrogen-bond donors (Lipinski definition) is 2. The van der Waals surface area contributed by atoms with Crippen molar-refractivity contribution in [3.8, 4) is 22.6 Å². The van der Waals surface area contributed by atoms with Gasteiger partial charge in [0.2, 0.25) is 0 Å². The molecule has 0 saturated carbocycles. The molecule has 0 amide bonds. The molecule has 0 atom stereocenters. The second-order valence-electron chi connectivity index (χ2n) is 3.46. The Labute approximate surface area is 99.5 Å². The van der Waals surface area contributed by atoms with Gasteiger partial charge in [-0.05, 0) is 19.1 Å². The van der Waals surface area contributed by atoms with Gasteiger partial charge in [0, 0.05) is 0 Å². The van der Waals surface area contributed by atoms with Crippen LogP contribution in [0, 0.1) is 0 Å². The Morgan fingerprint density at radius 1 is 1.35 bits per heavy atom. The lowest BCUT2D eigenvalue weighted by atomic mass is 10.1. The molecule has 0 unspecified atom stereocenters. The number of nitrogens with two attached hydrogens (primary N) is 1. The first-order chi connectivity index (χ1) is 8.27. The molecule has 17 heavy (non-hydrogen) atoms. The fraction of sp³-hybridized carbons (Fsp3) is 0.250. The van der Waals surface area contributed by atoms with Gasteiger partial charge in [-0.1, -0.05) is 6.07 Å². The van der Waals surface area contributed by atoms with Crippen LogP contribution in [0.4, 0.5) is 5.82 Å². The van der Waals surface area contributed by atoms with E-state index < -0.39 is 0 Å². The quantitative estimate of drug-likeness (QED) is 0.847. The lowest BCUT2D eigenvalue weighted by Crippen LogP contribution is -1.97. The highest BCUT2D eigenvalue weighted by Gasteiger charge is 2.16. The third-order valence-electron chi connectivity index (χ3n) is 2.45. The lowest BCUT2D eigenvalue weighted by molar-refractivity contribution is 0.338. The standard InChI is InChI=1S/C12H15N3O2/c1-3-17-10-6-4-5-9(16-2)11(10)8-7-14-15-12(8)13/h4-7H,3H2,1-2H3,(H3,13,14,15). The number of methoxy groups -OCH3 is 1. The summed E-state index contributed by atoms with van der Waals surface area (Å²) >= 11 is 0. The SMILES string of the molecule is CCOc1cccc(OC)c1-c1cn[nH]c1N. The van der Waals surface area contributed by atoms with Crippen LogP contribution < -0.4 is 15.2 Å². The molecule has 0 saturated heterocycles. The normalized spacial score (nSPS) is 10.2. The number of anilines is 1. The van der Waals surface area contributed by atoms with Gasteiger partial charge in [0.25, 0.3) is 0 Å². The second kappa shape index (κ2) is 4.78. The van der Waals surface area contributed by atoms with E-state index in [2.05, 4.69) is 10.2 Å². The van der Waals surface area contributed by atoms with E-state index in [4.69, 9.17) is 15.2 Å². The highest BCUT2D eigenvalue weighted by atomic mass is 16.5. The van der Waals surface area contributed by atoms with E-state index in [0.29, 0.717) is 18.2 Å². The van der Waals surface area contributed by atoms with Gasteiger partial charge >= 0.3 is 0 Å². The predicted octanol–water partition coefficient (Wildman–Crippen LogP) is 2.07. The first-order valence-corrected chi connectivity index (χ1v) is 5.37. The van der Waals surface area contributed by atoms with E-state index in [9.17, 15) is 0 Å². The predicted molar refractivity (Wildman–Crippen MR) is 66.2 cm³/mol. The minimum absolute atomic E-state index is 0.496. The smallest absolute Gasteiger partial charge is 0.131 e. The monoisotopic (exact) mass is 233 g/mol. The molecular formula is C12H15N3O2. The molecule has 0 spiro atoms. The summed E-state index contributed by atoms with van der Waals surface area (Å²) in [7, 11) is 1.62. The largest absolute Gasteiger partial charge is 0.496 e. The van der Waals surface area contributed by atoms with Gasteiger partial charge in [-0.15, -0.1) is 0 Å². The number of nitrogens with zero attached hydrogens (tertiary/aromatic N) is 1. The van der Waals surface area contributed by atoms with Crippen LogP contribution in [0.2, 0.25) is 0 Å². The van der Waals surface area contributed by atoms with Crippen molar-refractivity contribution in [3.63, 3.8) is 0 Å². The summed E-state index contributed by atoms with van der Waals surface area (Å²) in [5, 5.41) is 6.62. The summed E-state index contributed by atoms with van der Waals surface area (Å²) in [6.07, 6.45) is 1.66. The number of nitrogens with one attached hydrogen (secondary N) is 1. The Bertz CT molecular complexity index is 508. The van der Waals surface area contributed by atoms with Gasteiger partial charge in [-0.2, -0.15) is 5.10 Å². The minimum Gasteiger partial charge on any atom is -0.496 e. The fourth-order valence-electron chi connectivity index (χ4n) is 1.72. The van der Waals surface area contributed by atoms with Crippen LogP contribution in [0.25, 0.3) is 11.1 Å². The molecule has 1 aromatic heterocycles. The average molecular weight is 233 g/mol. The summed E-state index contributed by atoms with van der Waals surface area (Å²) in [6.45, 7) is 2.51. The van der Waals surface area contributed by atoms with Crippen molar-refractivity contribution in [2.75, 3.05) is 19.5 Å². The molecule has 3 N–H and O–H groups in total. The molecule has 90 valence electrons. The van der Waals surface area contributed by atoms with Crippen molar-refractivity contribution in [2.45, 2.75) is 6.92 Å². The molecule has 0 bridgehead atoms. The van der Waals surface area contributed by atoms with Gasteiger partial charge in [-0.3, -0.25) is 5.10 Å². The number of aromatic nitrogens is 2. The third kappa shape index (κ3) is 2.04. The van der Waals surface area contributed by atoms with Gasteiger partial charge in [0.1, 0.15) is 17.3 Å². The van der Waals surface area contributed by atoms with Crippen LogP contribution in [0.1, 0.15) is 6.92 Å². The Balaban J connectivity index is 2.60. The summed E-state index contributed by atoms with van der Waals surface area (Å²) in [5.41, 5.74) is 7.44. The fourth-order valence-corrected chi connectivity index (χ4v) is 1.72. The van der Waals surface area contributed by atoms with E-state index in [1.807, 2.05) is 25.1 Å². The van der Waals surface area contributed by atoms with Crippen molar-refractivity contribution in [1.82, 2.24) is 10.2 Å². The highest BCUT2D eigenvalue weighted by molar-refractivity contribution is 5.82. The van der Waals surface area contributed by atoms with Crippen LogP contribution in [0.15, 0.2) is 24.4 Å². The number of benzene rings is 1. The molecular weight excluding hydrogens is 218 g/mol. The Kier molecular flexibility index (Phi) is 3.18. The maximum Gasteiger partial charge on any atom is 0.131 e. The van der Waals surface area contributed by atoms with E-state index >= 15 is 0 Å². The highest BCUT2D eigenvalue weighted by Crippen LogP contribution is 2.40. The van der Waals surface area contributed by atoms with E-state index in [0.717, 1.165) is 16.9 Å². The zero-order valence-corrected chi connectivity index (χ0v) is 9.86. The molecule has 1 heterocycles. The van der Waals surface area contributed by atoms with Gasteiger partial charge in [-0.25, -0.2) is 0 Å². The molecule has 2 aromatic rings. The van der Waals surface area contributed by atoms with Crippen LogP contribution in [-0.2, 0) is 0 Å². The molecule has 5 heteroatoms. The lowest BCUT2D eigenvalue weighted by Gasteiger charge is -2.13. The van der Waals surface area contributed by atoms with Crippen LogP contribution in [0.3, 0.4) is 0 Å². The number of nitrogen functional groups attached to an aromatic ring is 1. The summed E-state index contributed by atoms with van der Waals surface area (Å²) in [5.74, 6) is 1.94. The molecule has 0 aliphatic carbocycles. The Morgan fingerprint density at radius 3 is 2.71 bits per heavy atom. The number of ether oxygens (including phenoxy) is 2. The summed E-state index contributed by atoms with van der Waals surface area (Å²) in [6, 6.07) is 5.63. The van der Waals surface area contributed by atoms with Crippen LogP contribution in [-0.4, -0.2) is 23.9 Å². The van der Waals surface area contributed by atoms with Crippen molar-refractivity contribution < 1.29 is 9.47 Å². The number of hydrogen-bond acceptors (Lipinski definition) is 4. The maximum absolute atomic E-state index is 5.83. The molecule has 0 aliphatic rings. The van der Waals surface area contributed by atoms with Crippen molar-refractivity contribution >= 4 is 5.82 Å². The maximum atomic E-state index is 5.83. The topological polar surface area (TPSA) is 73.2 Å². The van der Waals surface area contributed by atoms with E-state index in [1.54, 1.807) is 13.3 Å². The van der Waals surface area contributed by atoms with Gasteiger partial charge in [0.15, 0.2) is 0 Å². The number of H-pyrrole nitrogens is 1. The average Bonchev–Trinajstić information content (AvgIpc) is 2.75. The molecule has 0 fully saturated rings. The summed E-state index contributed by atoms with van der Waals surface area (Å²) < 4.78 is 10.9. The van der Waals surface area contributed by atoms with Gasteiger partial charge < -0.3 is 15.2 Å². The molecule has 1 aromatic carbocycles. The Hall–Kier alpha value is -2.17. The third-order valence-corrected chi connectivity index (χ3v) is 2.45. The number of aromatic amines is 1. The van der Waals surface area contributed by atoms with Crippen molar-refractivity contribution in [2.24, 2.45) is 0 Å². The molecule has 0 radical (unpaired) electrons. The van der Waals surface area contributed by atoms with E-state index in [-0.39, 0.29) is 0 Å². The zero-order chi connectivity index (χ0) is 12.3. The Morgan fingerprint density at radius 2 is 2.12 bits per heavy atom.